The molecular weight excluding hydrogens is 522 g/mol. The van der Waals surface area contributed by atoms with Crippen LogP contribution in [0, 0.1) is 6.92 Å². The van der Waals surface area contributed by atoms with Crippen LogP contribution in [0.3, 0.4) is 0 Å². The summed E-state index contributed by atoms with van der Waals surface area (Å²) in [6, 6.07) is 29.3. The van der Waals surface area contributed by atoms with Crippen LogP contribution in [-0.4, -0.2) is 33.5 Å². The van der Waals surface area contributed by atoms with Gasteiger partial charge in [0, 0.05) is 22.5 Å². The molecule has 1 atom stereocenters. The van der Waals surface area contributed by atoms with Gasteiger partial charge >= 0.3 is 0 Å². The molecule has 8 nitrogen and oxygen atoms in total. The molecule has 0 amide bonds. The number of anilines is 2. The van der Waals surface area contributed by atoms with Crippen LogP contribution in [0.2, 0.25) is 5.02 Å². The second-order valence-corrected chi connectivity index (χ2v) is 9.92. The molecule has 0 saturated heterocycles. The van der Waals surface area contributed by atoms with Crippen LogP contribution in [0.4, 0.5) is 22.9 Å². The van der Waals surface area contributed by atoms with Gasteiger partial charge < -0.3 is 15.0 Å². The lowest BCUT2D eigenvalue weighted by molar-refractivity contribution is 0.415. The fourth-order valence-electron chi connectivity index (χ4n) is 5.24. The number of rotatable bonds is 4. The summed E-state index contributed by atoms with van der Waals surface area (Å²) in [4.78, 5) is 17.0. The largest absolute Gasteiger partial charge is 0.497 e. The van der Waals surface area contributed by atoms with Crippen LogP contribution in [0.5, 0.6) is 5.75 Å². The predicted octanol–water partition coefficient (Wildman–Crippen LogP) is 7.03. The number of aliphatic imine (C=N–C) groups is 2. The van der Waals surface area contributed by atoms with E-state index in [4.69, 9.17) is 31.4 Å². The van der Waals surface area contributed by atoms with Crippen LogP contribution in [0.15, 0.2) is 107 Å². The number of methoxy groups -OCH3 is 1. The Morgan fingerprint density at radius 3 is 2.50 bits per heavy atom. The highest BCUT2D eigenvalue weighted by molar-refractivity contribution is 6.51. The third-order valence-electron chi connectivity index (χ3n) is 7.02. The van der Waals surface area contributed by atoms with E-state index in [1.807, 2.05) is 85.8 Å². The minimum absolute atomic E-state index is 0.261. The van der Waals surface area contributed by atoms with Crippen LogP contribution in [0.1, 0.15) is 22.9 Å². The number of aromatic nitrogens is 3. The smallest absolute Gasteiger partial charge is 0.179 e. The van der Waals surface area contributed by atoms with Gasteiger partial charge in [0.05, 0.1) is 30.2 Å². The van der Waals surface area contributed by atoms with Gasteiger partial charge in [0.2, 0.25) is 0 Å². The van der Waals surface area contributed by atoms with Crippen molar-refractivity contribution in [1.82, 2.24) is 14.8 Å². The fourth-order valence-corrected chi connectivity index (χ4v) is 5.44. The number of para-hydroxylation sites is 2. The number of hydrogen-bond acceptors (Lipinski definition) is 7. The maximum atomic E-state index is 6.54. The monoisotopic (exact) mass is 545 g/mol. The van der Waals surface area contributed by atoms with Crippen LogP contribution >= 0.6 is 11.6 Å². The zero-order valence-corrected chi connectivity index (χ0v) is 22.5. The molecule has 0 radical (unpaired) electrons. The number of benzene rings is 3. The van der Waals surface area contributed by atoms with Crippen molar-refractivity contribution >= 4 is 46.2 Å². The van der Waals surface area contributed by atoms with Gasteiger partial charge in [0.15, 0.2) is 23.3 Å². The van der Waals surface area contributed by atoms with Gasteiger partial charge in [-0.25, -0.2) is 15.0 Å². The second-order valence-electron chi connectivity index (χ2n) is 9.49. The second kappa shape index (κ2) is 9.66. The summed E-state index contributed by atoms with van der Waals surface area (Å²) in [7, 11) is 1.65. The molecule has 9 heteroatoms. The summed E-state index contributed by atoms with van der Waals surface area (Å²) in [5, 5.41) is 9.08. The summed E-state index contributed by atoms with van der Waals surface area (Å²) in [5.41, 5.74) is 5.51. The number of pyridine rings is 1. The van der Waals surface area contributed by atoms with Gasteiger partial charge in [-0.2, -0.15) is 9.78 Å². The molecule has 5 aromatic rings. The number of aryl methyl sites for hydroxylation is 1. The van der Waals surface area contributed by atoms with E-state index in [0.717, 1.165) is 39.6 Å². The van der Waals surface area contributed by atoms with Crippen molar-refractivity contribution in [3.05, 3.63) is 119 Å². The van der Waals surface area contributed by atoms with Crippen molar-refractivity contribution < 1.29 is 4.74 Å². The summed E-state index contributed by atoms with van der Waals surface area (Å²) in [5.74, 6) is 3.46. The lowest BCUT2D eigenvalue weighted by Gasteiger charge is -2.40. The lowest BCUT2D eigenvalue weighted by atomic mass is 9.93. The lowest BCUT2D eigenvalue weighted by Crippen LogP contribution is -2.46. The molecule has 4 heterocycles. The maximum Gasteiger partial charge on any atom is 0.179 e. The zero-order valence-electron chi connectivity index (χ0n) is 21.8. The van der Waals surface area contributed by atoms with Gasteiger partial charge in [0.1, 0.15) is 5.75 Å². The van der Waals surface area contributed by atoms with E-state index in [1.54, 1.807) is 18.0 Å². The Hall–Kier alpha value is -4.95. The van der Waals surface area contributed by atoms with Crippen LogP contribution in [-0.2, 0) is 0 Å². The van der Waals surface area contributed by atoms with Crippen LogP contribution in [0.25, 0.3) is 5.82 Å². The molecule has 0 saturated carbocycles. The van der Waals surface area contributed by atoms with Crippen molar-refractivity contribution in [2.75, 3.05) is 17.3 Å². The topological polar surface area (TPSA) is 79.9 Å². The standard InChI is InChI=1S/C31H24ClN7O/c1-19-27-28(20-8-7-9-21(32)18-20)38-25-11-4-3-10-24(25)35-29(34-22-13-15-23(40-2)16-14-22)31(38)36-30(27)39(37-19)26-12-5-6-17-33-26/h3-18,28H,1-2H3,(H,34,35)/t28-/m0/s1. The number of amidine groups is 2. The summed E-state index contributed by atoms with van der Waals surface area (Å²) >= 11 is 6.54. The van der Waals surface area contributed by atoms with Gasteiger partial charge in [-0.15, -0.1) is 0 Å². The molecular formula is C31H24ClN7O. The highest BCUT2D eigenvalue weighted by Crippen LogP contribution is 2.48. The molecule has 0 aliphatic carbocycles. The average Bonchev–Trinajstić information content (AvgIpc) is 3.33. The van der Waals surface area contributed by atoms with E-state index in [1.165, 1.54) is 0 Å². The van der Waals surface area contributed by atoms with Gasteiger partial charge in [-0.3, -0.25) is 0 Å². The summed E-state index contributed by atoms with van der Waals surface area (Å²) in [6.07, 6.45) is 1.75. The van der Waals surface area contributed by atoms with Crippen molar-refractivity contribution in [3.63, 3.8) is 0 Å². The molecule has 2 aliphatic rings. The van der Waals surface area contributed by atoms with E-state index >= 15 is 0 Å². The number of nitrogens with zero attached hydrogens (tertiary/aromatic N) is 6. The molecule has 0 unspecified atom stereocenters. The molecule has 1 N–H and O–H groups in total. The third kappa shape index (κ3) is 4.01. The first-order valence-corrected chi connectivity index (χ1v) is 13.2. The Morgan fingerprint density at radius 2 is 1.73 bits per heavy atom. The number of halogens is 1. The normalized spacial score (nSPS) is 15.4. The molecule has 7 rings (SSSR count). The molecule has 3 aromatic carbocycles. The van der Waals surface area contributed by atoms with E-state index in [9.17, 15) is 0 Å². The Balaban J connectivity index is 1.48. The predicted molar refractivity (Wildman–Crippen MR) is 159 cm³/mol. The number of hydrogen-bond donors (Lipinski definition) is 1. The molecule has 2 aliphatic heterocycles. The molecule has 2 aromatic heterocycles. The quantitative estimate of drug-likeness (QED) is 0.262. The first kappa shape index (κ1) is 24.1. The average molecular weight is 546 g/mol. The number of ether oxygens (including phenoxy) is 1. The molecule has 0 spiro atoms. The van der Waals surface area contributed by atoms with Crippen molar-refractivity contribution in [2.45, 2.75) is 13.0 Å². The minimum atomic E-state index is -0.261. The van der Waals surface area contributed by atoms with E-state index in [0.29, 0.717) is 28.3 Å². The first-order valence-electron chi connectivity index (χ1n) is 12.8. The minimum Gasteiger partial charge on any atom is -0.497 e. The van der Waals surface area contributed by atoms with Crippen LogP contribution < -0.4 is 15.0 Å². The van der Waals surface area contributed by atoms with Crippen molar-refractivity contribution in [3.8, 4) is 11.6 Å². The molecule has 196 valence electrons. The maximum absolute atomic E-state index is 6.54. The molecule has 0 fully saturated rings. The van der Waals surface area contributed by atoms with Crippen molar-refractivity contribution in [2.24, 2.45) is 9.98 Å². The fraction of sp³-hybridized carbons (Fsp3) is 0.0968. The van der Waals surface area contributed by atoms with E-state index in [-0.39, 0.29) is 6.04 Å². The van der Waals surface area contributed by atoms with Crippen molar-refractivity contribution in [1.29, 1.82) is 0 Å². The van der Waals surface area contributed by atoms with Gasteiger partial charge in [-0.05, 0) is 73.2 Å². The Kier molecular flexibility index (Phi) is 5.82. The Labute approximate surface area is 236 Å². The van der Waals surface area contributed by atoms with Gasteiger partial charge in [-0.1, -0.05) is 41.9 Å². The summed E-state index contributed by atoms with van der Waals surface area (Å²) < 4.78 is 7.15. The van der Waals surface area contributed by atoms with Gasteiger partial charge in [0.25, 0.3) is 0 Å². The van der Waals surface area contributed by atoms with E-state index < -0.39 is 0 Å². The highest BCUT2D eigenvalue weighted by atomic mass is 35.5. The van der Waals surface area contributed by atoms with E-state index in [2.05, 4.69) is 27.3 Å². The third-order valence-corrected chi connectivity index (χ3v) is 7.26. The Bertz CT molecular complexity index is 1790. The molecule has 0 bridgehead atoms. The first-order chi connectivity index (χ1) is 19.6. The summed E-state index contributed by atoms with van der Waals surface area (Å²) in [6.45, 7) is 2.01. The molecule has 40 heavy (non-hydrogen) atoms. The zero-order chi connectivity index (χ0) is 27.2. The Morgan fingerprint density at radius 1 is 0.900 bits per heavy atom. The number of nitrogens with one attached hydrogen (secondary N) is 1. The highest BCUT2D eigenvalue weighted by Gasteiger charge is 2.41. The SMILES string of the molecule is COc1ccc(NC2=Nc3ccccc3N3C2=Nc2c(c(C)nn2-c2ccccn2)[C@@H]3c2cccc(Cl)c2)cc1. The number of fused-ring (bicyclic) bond motifs is 4.